The molecule has 0 aliphatic heterocycles. The predicted molar refractivity (Wildman–Crippen MR) is 120 cm³/mol. The van der Waals surface area contributed by atoms with Gasteiger partial charge in [-0.1, -0.05) is 45.9 Å². The van der Waals surface area contributed by atoms with Gasteiger partial charge in [0.2, 0.25) is 5.91 Å². The van der Waals surface area contributed by atoms with Crippen molar-refractivity contribution in [1.29, 1.82) is 0 Å². The third-order valence-corrected chi connectivity index (χ3v) is 6.28. The Bertz CT molecular complexity index is 1080. The Balaban J connectivity index is 2.27. The zero-order chi connectivity index (χ0) is 25.0. The number of amides is 1. The first-order chi connectivity index (χ1) is 15.1. The summed E-state index contributed by atoms with van der Waals surface area (Å²) in [6.07, 6.45) is -3.57. The largest absolute Gasteiger partial charge is 0.416 e. The zero-order valence-electron chi connectivity index (χ0n) is 19.4. The molecule has 0 aliphatic carbocycles. The number of benzene rings is 2. The quantitative estimate of drug-likeness (QED) is 0.428. The van der Waals surface area contributed by atoms with Crippen molar-refractivity contribution in [3.63, 3.8) is 0 Å². The second-order valence-corrected chi connectivity index (χ2v) is 10.8. The normalized spacial score (nSPS) is 13.5. The maximum Gasteiger partial charge on any atom is 0.416 e. The summed E-state index contributed by atoms with van der Waals surface area (Å²) in [6, 6.07) is 9.55. The number of hydrogen-bond acceptors (Lipinski definition) is 4. The van der Waals surface area contributed by atoms with Gasteiger partial charge in [-0.2, -0.15) is 21.6 Å². The molecule has 1 amide bonds. The molecule has 1 atom stereocenters. The highest BCUT2D eigenvalue weighted by atomic mass is 32.2. The molecule has 0 unspecified atom stereocenters. The van der Waals surface area contributed by atoms with Gasteiger partial charge in [-0.3, -0.25) is 4.79 Å². The summed E-state index contributed by atoms with van der Waals surface area (Å²) in [5.41, 5.74) is -0.621. The smallest absolute Gasteiger partial charge is 0.379 e. The van der Waals surface area contributed by atoms with Crippen LogP contribution in [0.2, 0.25) is 0 Å². The maximum absolute atomic E-state index is 13.0. The van der Waals surface area contributed by atoms with Crippen molar-refractivity contribution >= 4 is 16.0 Å². The van der Waals surface area contributed by atoms with Crippen LogP contribution in [0.25, 0.3) is 0 Å². The number of carbonyl (C=O) groups excluding carboxylic acids is 1. The van der Waals surface area contributed by atoms with E-state index in [-0.39, 0.29) is 29.7 Å². The standard InChI is InChI=1S/C24H30F3NO4S/c1-6-17(2)28(22(29)15-23(3,4)5)16-18-9-7-11-20(13-18)32-33(30,31)21-12-8-10-19(14-21)24(25,26)27/h7-14,17H,6,15-16H2,1-5H3/t17-/m0/s1. The summed E-state index contributed by atoms with van der Waals surface area (Å²) in [6.45, 7) is 10.1. The van der Waals surface area contributed by atoms with E-state index in [1.54, 1.807) is 17.0 Å². The Kier molecular flexibility index (Phi) is 8.22. The SMILES string of the molecule is CC[C@H](C)N(Cc1cccc(OS(=O)(=O)c2cccc(C(F)(F)F)c2)c1)C(=O)CC(C)(C)C. The number of rotatable bonds is 8. The van der Waals surface area contributed by atoms with Crippen molar-refractivity contribution in [2.24, 2.45) is 5.41 Å². The van der Waals surface area contributed by atoms with E-state index < -0.39 is 26.8 Å². The van der Waals surface area contributed by atoms with Gasteiger partial charge in [0.25, 0.3) is 0 Å². The van der Waals surface area contributed by atoms with Gasteiger partial charge in [0, 0.05) is 19.0 Å². The Hall–Kier alpha value is -2.55. The molecule has 2 aromatic carbocycles. The molecule has 33 heavy (non-hydrogen) atoms. The highest BCUT2D eigenvalue weighted by Crippen LogP contribution is 2.31. The van der Waals surface area contributed by atoms with Crippen molar-refractivity contribution < 1.29 is 30.6 Å². The highest BCUT2D eigenvalue weighted by molar-refractivity contribution is 7.87. The van der Waals surface area contributed by atoms with Crippen LogP contribution in [0, 0.1) is 5.41 Å². The van der Waals surface area contributed by atoms with Gasteiger partial charge in [0.15, 0.2) is 0 Å². The van der Waals surface area contributed by atoms with Gasteiger partial charge < -0.3 is 9.08 Å². The predicted octanol–water partition coefficient (Wildman–Crippen LogP) is 6.04. The van der Waals surface area contributed by atoms with Crippen molar-refractivity contribution in [3.8, 4) is 5.75 Å². The summed E-state index contributed by atoms with van der Waals surface area (Å²) in [7, 11) is -4.48. The van der Waals surface area contributed by atoms with Crippen LogP contribution in [0.1, 0.15) is 58.6 Å². The van der Waals surface area contributed by atoms with Crippen LogP contribution in [-0.2, 0) is 27.6 Å². The lowest BCUT2D eigenvalue weighted by atomic mass is 9.91. The monoisotopic (exact) mass is 485 g/mol. The maximum atomic E-state index is 13.0. The minimum atomic E-state index is -4.68. The molecule has 0 heterocycles. The Morgan fingerprint density at radius 3 is 2.27 bits per heavy atom. The van der Waals surface area contributed by atoms with E-state index in [0.717, 1.165) is 24.6 Å². The molecule has 0 aliphatic rings. The third kappa shape index (κ3) is 7.77. The number of carbonyl (C=O) groups is 1. The van der Waals surface area contributed by atoms with E-state index in [4.69, 9.17) is 4.18 Å². The van der Waals surface area contributed by atoms with Gasteiger partial charge in [0.1, 0.15) is 10.6 Å². The first kappa shape index (κ1) is 26.7. The lowest BCUT2D eigenvalue weighted by Gasteiger charge is -2.31. The minimum absolute atomic E-state index is 0.0141. The number of halogens is 3. The molecule has 0 saturated carbocycles. The van der Waals surface area contributed by atoms with Gasteiger partial charge >= 0.3 is 16.3 Å². The van der Waals surface area contributed by atoms with Gasteiger partial charge in [-0.05, 0) is 54.7 Å². The van der Waals surface area contributed by atoms with Gasteiger partial charge in [-0.25, -0.2) is 0 Å². The second kappa shape index (κ2) is 10.2. The van der Waals surface area contributed by atoms with Crippen LogP contribution in [0.5, 0.6) is 5.75 Å². The molecule has 2 rings (SSSR count). The fourth-order valence-electron chi connectivity index (χ4n) is 3.16. The molecule has 0 spiro atoms. The van der Waals surface area contributed by atoms with Crippen LogP contribution >= 0.6 is 0 Å². The Labute approximate surface area is 193 Å². The van der Waals surface area contributed by atoms with E-state index >= 15 is 0 Å². The molecule has 0 radical (unpaired) electrons. The second-order valence-electron chi connectivity index (χ2n) is 9.23. The topological polar surface area (TPSA) is 63.7 Å². The van der Waals surface area contributed by atoms with E-state index in [0.29, 0.717) is 18.1 Å². The third-order valence-electron chi connectivity index (χ3n) is 5.03. The van der Waals surface area contributed by atoms with Crippen molar-refractivity contribution in [1.82, 2.24) is 4.90 Å². The summed E-state index contributed by atoms with van der Waals surface area (Å²) in [5.74, 6) is -0.0583. The van der Waals surface area contributed by atoms with Gasteiger partial charge in [-0.15, -0.1) is 0 Å². The molecule has 0 fully saturated rings. The van der Waals surface area contributed by atoms with Crippen LogP contribution in [0.15, 0.2) is 53.4 Å². The molecule has 2 aromatic rings. The molecule has 0 bridgehead atoms. The number of nitrogens with zero attached hydrogens (tertiary/aromatic N) is 1. The molecular weight excluding hydrogens is 455 g/mol. The van der Waals surface area contributed by atoms with E-state index in [2.05, 4.69) is 0 Å². The highest BCUT2D eigenvalue weighted by Gasteiger charge is 2.32. The minimum Gasteiger partial charge on any atom is -0.379 e. The Morgan fingerprint density at radius 1 is 1.06 bits per heavy atom. The lowest BCUT2D eigenvalue weighted by Crippen LogP contribution is -2.39. The van der Waals surface area contributed by atoms with Crippen LogP contribution in [0.3, 0.4) is 0 Å². The first-order valence-corrected chi connectivity index (χ1v) is 12.0. The van der Waals surface area contributed by atoms with Crippen molar-refractivity contribution in [3.05, 3.63) is 59.7 Å². The van der Waals surface area contributed by atoms with Gasteiger partial charge in [0.05, 0.1) is 5.56 Å². The van der Waals surface area contributed by atoms with E-state index in [1.807, 2.05) is 34.6 Å². The number of hydrogen-bond donors (Lipinski definition) is 0. The Morgan fingerprint density at radius 2 is 1.70 bits per heavy atom. The molecular formula is C24H30F3NO4S. The molecule has 0 aromatic heterocycles. The van der Waals surface area contributed by atoms with Crippen LogP contribution in [0.4, 0.5) is 13.2 Å². The van der Waals surface area contributed by atoms with E-state index in [1.165, 1.54) is 12.1 Å². The molecule has 5 nitrogen and oxygen atoms in total. The average Bonchev–Trinajstić information content (AvgIpc) is 2.69. The lowest BCUT2D eigenvalue weighted by molar-refractivity contribution is -0.138. The fraction of sp³-hybridized carbons (Fsp3) is 0.458. The molecule has 0 saturated heterocycles. The summed E-state index contributed by atoms with van der Waals surface area (Å²) in [5, 5.41) is 0. The molecule has 9 heteroatoms. The van der Waals surface area contributed by atoms with E-state index in [9.17, 15) is 26.4 Å². The van der Waals surface area contributed by atoms with Crippen molar-refractivity contribution in [2.45, 2.75) is 71.1 Å². The summed E-state index contributed by atoms with van der Waals surface area (Å²) >= 11 is 0. The summed E-state index contributed by atoms with van der Waals surface area (Å²) in [4.78, 5) is 14.0. The molecule has 182 valence electrons. The fourth-order valence-corrected chi connectivity index (χ4v) is 4.13. The summed E-state index contributed by atoms with van der Waals surface area (Å²) < 4.78 is 69.1. The first-order valence-electron chi connectivity index (χ1n) is 10.6. The van der Waals surface area contributed by atoms with Crippen LogP contribution < -0.4 is 4.18 Å². The molecule has 0 N–H and O–H groups in total. The number of alkyl halides is 3. The average molecular weight is 486 g/mol. The van der Waals surface area contributed by atoms with Crippen molar-refractivity contribution in [2.75, 3.05) is 0 Å². The van der Waals surface area contributed by atoms with Crippen LogP contribution in [-0.4, -0.2) is 25.3 Å². The zero-order valence-corrected chi connectivity index (χ0v) is 20.3.